The third kappa shape index (κ3) is 5.49. The van der Waals surface area contributed by atoms with Crippen LogP contribution in [0.3, 0.4) is 0 Å². The zero-order chi connectivity index (χ0) is 31.0. The van der Waals surface area contributed by atoms with Crippen molar-refractivity contribution in [2.75, 3.05) is 44.7 Å². The Kier molecular flexibility index (Phi) is 8.25. The van der Waals surface area contributed by atoms with Crippen molar-refractivity contribution in [3.05, 3.63) is 60.0 Å². The summed E-state index contributed by atoms with van der Waals surface area (Å²) in [7, 11) is 2.02. The lowest BCUT2D eigenvalue weighted by molar-refractivity contribution is -0.131. The molecule has 3 aromatic heterocycles. The van der Waals surface area contributed by atoms with E-state index in [4.69, 9.17) is 16.3 Å². The van der Waals surface area contributed by atoms with Gasteiger partial charge in [-0.05, 0) is 32.5 Å². The van der Waals surface area contributed by atoms with Crippen LogP contribution in [0.4, 0.5) is 14.6 Å². The van der Waals surface area contributed by atoms with Crippen LogP contribution in [-0.4, -0.2) is 87.6 Å². The minimum Gasteiger partial charge on any atom is -0.462 e. The van der Waals surface area contributed by atoms with Gasteiger partial charge in [-0.1, -0.05) is 30.3 Å². The zero-order valence-corrected chi connectivity index (χ0v) is 24.8. The van der Waals surface area contributed by atoms with Crippen LogP contribution in [0.15, 0.2) is 49.2 Å². The summed E-state index contributed by atoms with van der Waals surface area (Å²) in [6.07, 6.45) is 6.63. The smallest absolute Gasteiger partial charge is 0.319 e. The van der Waals surface area contributed by atoms with Gasteiger partial charge in [-0.2, -0.15) is 15.2 Å². The average molecular weight is 619 g/mol. The summed E-state index contributed by atoms with van der Waals surface area (Å²) >= 11 is 6.53. The highest BCUT2D eigenvalue weighted by molar-refractivity contribution is 6.36. The molecule has 2 saturated heterocycles. The third-order valence-corrected chi connectivity index (χ3v) is 8.62. The summed E-state index contributed by atoms with van der Waals surface area (Å²) in [5, 5.41) is 11.5. The predicted octanol–water partition coefficient (Wildman–Crippen LogP) is 4.92. The molecule has 4 aromatic rings. The second-order valence-electron chi connectivity index (χ2n) is 11.0. The number of rotatable bonds is 7. The van der Waals surface area contributed by atoms with Crippen LogP contribution >= 0.6 is 11.6 Å². The van der Waals surface area contributed by atoms with Crippen molar-refractivity contribution >= 4 is 45.0 Å². The summed E-state index contributed by atoms with van der Waals surface area (Å²) in [5.74, 6) is -2.31. The summed E-state index contributed by atoms with van der Waals surface area (Å²) in [5.41, 5.74) is 0.427. The van der Waals surface area contributed by atoms with Gasteiger partial charge in [0.1, 0.15) is 23.6 Å². The van der Waals surface area contributed by atoms with Crippen LogP contribution in [0.25, 0.3) is 32.9 Å². The van der Waals surface area contributed by atoms with Crippen LogP contribution in [-0.2, 0) is 4.79 Å². The Bertz CT molecular complexity index is 1810. The first-order valence-corrected chi connectivity index (χ1v) is 14.6. The maximum absolute atomic E-state index is 16.5. The molecule has 44 heavy (non-hydrogen) atoms. The van der Waals surface area contributed by atoms with Gasteiger partial charge < -0.3 is 19.4 Å². The number of nitriles is 1. The fraction of sp³-hybridized carbons (Fsp3) is 0.355. The van der Waals surface area contributed by atoms with Gasteiger partial charge in [0.2, 0.25) is 0 Å². The molecule has 1 aromatic carbocycles. The number of carbonyl (C=O) groups excluding carboxylic acids is 1. The molecular formula is C31H29ClF2N8O2. The molecule has 0 N–H and O–H groups in total. The van der Waals surface area contributed by atoms with Crippen molar-refractivity contribution in [2.45, 2.75) is 31.3 Å². The van der Waals surface area contributed by atoms with Gasteiger partial charge >= 0.3 is 6.01 Å². The molecule has 0 aliphatic carbocycles. The van der Waals surface area contributed by atoms with Crippen molar-refractivity contribution in [3.8, 4) is 23.3 Å². The number of aromatic nitrogens is 4. The fourth-order valence-electron chi connectivity index (χ4n) is 6.00. The normalized spacial score (nSPS) is 19.0. The molecule has 0 radical (unpaired) electrons. The van der Waals surface area contributed by atoms with Gasteiger partial charge in [0.05, 0.1) is 23.9 Å². The molecule has 1 amide bonds. The third-order valence-electron chi connectivity index (χ3n) is 8.31. The van der Waals surface area contributed by atoms with Crippen LogP contribution < -0.4 is 9.64 Å². The van der Waals surface area contributed by atoms with Gasteiger partial charge in [-0.25, -0.2) is 8.78 Å². The van der Waals surface area contributed by atoms with E-state index in [2.05, 4.69) is 37.5 Å². The number of pyridine rings is 2. The number of ether oxygens (including phenoxy) is 1. The van der Waals surface area contributed by atoms with Crippen LogP contribution in [0.5, 0.6) is 6.01 Å². The number of fused-ring (bicyclic) bond motifs is 2. The number of amides is 1. The monoisotopic (exact) mass is 618 g/mol. The van der Waals surface area contributed by atoms with E-state index in [9.17, 15) is 14.4 Å². The SMILES string of the molecule is C=C(F)C(=O)N1CCN(c2nc(OCC3CCCN3C)nc3c(F)c(-c4cncc5cccc(Cl)c45)ncc23)CC1CC#N. The maximum Gasteiger partial charge on any atom is 0.319 e. The molecule has 2 aliphatic rings. The molecule has 0 spiro atoms. The number of piperazine rings is 1. The molecule has 2 aliphatic heterocycles. The Hall–Kier alpha value is -4.47. The molecule has 5 heterocycles. The van der Waals surface area contributed by atoms with Crippen LogP contribution in [0, 0.1) is 17.1 Å². The highest BCUT2D eigenvalue weighted by atomic mass is 35.5. The maximum atomic E-state index is 16.5. The van der Waals surface area contributed by atoms with Crippen LogP contribution in [0.1, 0.15) is 19.3 Å². The molecule has 0 saturated carbocycles. The van der Waals surface area contributed by atoms with Crippen molar-refractivity contribution in [1.29, 1.82) is 5.26 Å². The number of benzene rings is 1. The first-order chi connectivity index (χ1) is 21.3. The molecule has 2 atom stereocenters. The fourth-order valence-corrected chi connectivity index (χ4v) is 6.28. The Morgan fingerprint density at radius 2 is 2.05 bits per heavy atom. The Morgan fingerprint density at radius 1 is 1.20 bits per heavy atom. The molecule has 6 rings (SSSR count). The van der Waals surface area contributed by atoms with Gasteiger partial charge in [0.15, 0.2) is 11.6 Å². The van der Waals surface area contributed by atoms with E-state index in [1.54, 1.807) is 18.3 Å². The minimum atomic E-state index is -1.09. The van der Waals surface area contributed by atoms with E-state index in [1.165, 1.54) is 17.3 Å². The number of hydrogen-bond acceptors (Lipinski definition) is 9. The summed E-state index contributed by atoms with van der Waals surface area (Å²) in [4.78, 5) is 35.7. The van der Waals surface area contributed by atoms with E-state index >= 15 is 4.39 Å². The second kappa shape index (κ2) is 12.3. The first kappa shape index (κ1) is 29.6. The number of hydrogen-bond donors (Lipinski definition) is 0. The molecular weight excluding hydrogens is 590 g/mol. The zero-order valence-electron chi connectivity index (χ0n) is 24.0. The average Bonchev–Trinajstić information content (AvgIpc) is 3.44. The van der Waals surface area contributed by atoms with E-state index in [-0.39, 0.29) is 49.3 Å². The number of anilines is 1. The summed E-state index contributed by atoms with van der Waals surface area (Å²) in [6, 6.07) is 6.94. The second-order valence-corrected chi connectivity index (χ2v) is 11.4. The highest BCUT2D eigenvalue weighted by Crippen LogP contribution is 2.37. The molecule has 2 fully saturated rings. The number of likely N-dealkylation sites (N-methyl/N-ethyl adjacent to an activating group) is 1. The molecule has 226 valence electrons. The van der Waals surface area contributed by atoms with E-state index in [0.29, 0.717) is 33.8 Å². The van der Waals surface area contributed by atoms with Crippen molar-refractivity contribution < 1.29 is 18.3 Å². The van der Waals surface area contributed by atoms with Crippen LogP contribution in [0.2, 0.25) is 5.02 Å². The van der Waals surface area contributed by atoms with Gasteiger partial charge in [-0.15, -0.1) is 0 Å². The lowest BCUT2D eigenvalue weighted by atomic mass is 10.0. The summed E-state index contributed by atoms with van der Waals surface area (Å²) < 4.78 is 36.4. The molecule has 2 unspecified atom stereocenters. The number of halogens is 3. The molecule has 13 heteroatoms. The van der Waals surface area contributed by atoms with Crippen molar-refractivity contribution in [3.63, 3.8) is 0 Å². The van der Waals surface area contributed by atoms with Crippen molar-refractivity contribution in [1.82, 2.24) is 29.7 Å². The van der Waals surface area contributed by atoms with Gasteiger partial charge in [0, 0.05) is 65.6 Å². The summed E-state index contributed by atoms with van der Waals surface area (Å²) in [6.45, 7) is 4.90. The first-order valence-electron chi connectivity index (χ1n) is 14.3. The molecule has 0 bridgehead atoms. The molecule has 10 nitrogen and oxygen atoms in total. The topological polar surface area (TPSA) is 111 Å². The van der Waals surface area contributed by atoms with E-state index < -0.39 is 23.6 Å². The highest BCUT2D eigenvalue weighted by Gasteiger charge is 2.34. The predicted molar refractivity (Wildman–Crippen MR) is 162 cm³/mol. The van der Waals surface area contributed by atoms with Gasteiger partial charge in [-0.3, -0.25) is 14.8 Å². The minimum absolute atomic E-state index is 0.00805. The van der Waals surface area contributed by atoms with Crippen molar-refractivity contribution in [2.24, 2.45) is 0 Å². The quantitative estimate of drug-likeness (QED) is 0.266. The Labute approximate surface area is 257 Å². The van der Waals surface area contributed by atoms with E-state index in [0.717, 1.165) is 24.8 Å². The lowest BCUT2D eigenvalue weighted by Crippen LogP contribution is -2.55. The number of carbonyl (C=O) groups is 1. The van der Waals surface area contributed by atoms with Gasteiger partial charge in [0.25, 0.3) is 5.91 Å². The van der Waals surface area contributed by atoms with E-state index in [1.807, 2.05) is 18.0 Å². The lowest BCUT2D eigenvalue weighted by Gasteiger charge is -2.41. The Morgan fingerprint density at radius 3 is 2.80 bits per heavy atom. The standard InChI is InChI=1S/C31H29ClF2N8O2/c1-18(33)30(43)42-12-11-41(16-20(42)8-9-35)29-23-15-37-27(22-14-36-13-19-5-3-7-24(32)25(19)22)26(34)28(23)38-31(39-29)44-17-21-6-4-10-40(21)2/h3,5,7,13-15,20-21H,1,4,6,8,10-12,16-17H2,2H3. The largest absolute Gasteiger partial charge is 0.462 e. The number of nitrogens with zero attached hydrogens (tertiary/aromatic N) is 8. The number of likely N-dealkylation sites (tertiary alicyclic amines) is 1. The Balaban J connectivity index is 1.45.